The van der Waals surface area contributed by atoms with E-state index in [1.807, 2.05) is 0 Å². The molecule has 2 heteroatoms. The van der Waals surface area contributed by atoms with Crippen molar-refractivity contribution in [2.24, 2.45) is 0 Å². The van der Waals surface area contributed by atoms with E-state index in [4.69, 9.17) is 0 Å². The van der Waals surface area contributed by atoms with Crippen molar-refractivity contribution in [1.82, 2.24) is 0 Å². The fraction of sp³-hybridized carbons (Fsp3) is 0.333. The highest BCUT2D eigenvalue weighted by Gasteiger charge is 1.86. The number of hydrogen-bond donors (Lipinski definition) is 0. The molecule has 0 fully saturated rings. The Labute approximate surface area is 72.8 Å². The second-order valence-electron chi connectivity index (χ2n) is 2.29. The zero-order valence-electron chi connectivity index (χ0n) is 6.88. The highest BCUT2D eigenvalue weighted by molar-refractivity contribution is 7.47. The Morgan fingerprint density at radius 1 is 1.18 bits per heavy atom. The predicted octanol–water partition coefficient (Wildman–Crippen LogP) is 2.02. The normalized spacial score (nSPS) is 9.91. The van der Waals surface area contributed by atoms with Gasteiger partial charge in [-0.1, -0.05) is 52.3 Å². The van der Waals surface area contributed by atoms with Crippen LogP contribution < -0.4 is 5.30 Å². The smallest absolute Gasteiger partial charge is 0 e. The Morgan fingerprint density at radius 2 is 1.82 bits per heavy atom. The van der Waals surface area contributed by atoms with E-state index in [9.17, 15) is 0 Å². The van der Waals surface area contributed by atoms with E-state index < -0.39 is 0 Å². The van der Waals surface area contributed by atoms with Gasteiger partial charge in [0.05, 0.1) is 0 Å². The van der Waals surface area contributed by atoms with Gasteiger partial charge in [-0.15, -0.1) is 0 Å². The zero-order chi connectivity index (χ0) is 7.23. The van der Waals surface area contributed by atoms with E-state index in [0.717, 1.165) is 8.58 Å². The first-order chi connectivity index (χ1) is 4.93. The molecule has 1 aromatic carbocycles. The average Bonchev–Trinajstić information content (AvgIpc) is 2.03. The summed E-state index contributed by atoms with van der Waals surface area (Å²) in [4.78, 5) is 0. The lowest BCUT2D eigenvalue weighted by Crippen LogP contribution is -1.91. The van der Waals surface area contributed by atoms with Crippen molar-refractivity contribution in [2.45, 2.75) is 13.3 Å². The molecule has 0 saturated carbocycles. The minimum Gasteiger partial charge on any atom is -0.0904 e. The fourth-order valence-electron chi connectivity index (χ4n) is 0.825. The van der Waals surface area contributed by atoms with Crippen LogP contribution in [0.3, 0.4) is 0 Å². The molecule has 1 rings (SSSR count). The molecule has 0 aliphatic carbocycles. The summed E-state index contributed by atoms with van der Waals surface area (Å²) < 4.78 is 0. The average molecular weight is 163 g/mol. The molecule has 0 aromatic heterocycles. The van der Waals surface area contributed by atoms with Gasteiger partial charge in [0.1, 0.15) is 0 Å². The lowest BCUT2D eigenvalue weighted by Gasteiger charge is -1.96. The number of hydrogen-bond acceptors (Lipinski definition) is 0. The monoisotopic (exact) mass is 163 g/mol. The van der Waals surface area contributed by atoms with Crippen LogP contribution in [0.25, 0.3) is 0 Å². The van der Waals surface area contributed by atoms with Crippen LogP contribution in [0.1, 0.15) is 13.3 Å². The molecule has 11 heavy (non-hydrogen) atoms. The van der Waals surface area contributed by atoms with E-state index in [1.54, 1.807) is 0 Å². The second kappa shape index (κ2) is 6.43. The van der Waals surface area contributed by atoms with Crippen molar-refractivity contribution in [1.29, 1.82) is 0 Å². The van der Waals surface area contributed by atoms with Gasteiger partial charge in [0.15, 0.2) is 0 Å². The topological polar surface area (TPSA) is 0 Å². The van der Waals surface area contributed by atoms with Crippen LogP contribution >= 0.6 is 8.58 Å². The van der Waals surface area contributed by atoms with Crippen molar-refractivity contribution in [3.05, 3.63) is 30.3 Å². The van der Waals surface area contributed by atoms with Crippen molar-refractivity contribution in [2.75, 3.05) is 6.16 Å². The Bertz CT molecular complexity index is 174. The molecule has 0 amide bonds. The maximum atomic E-state index is 2.23. The maximum absolute atomic E-state index is 2.23. The van der Waals surface area contributed by atoms with Crippen molar-refractivity contribution < 1.29 is 0 Å². The molecule has 3 radical (unpaired) electrons. The lowest BCUT2D eigenvalue weighted by molar-refractivity contribution is 1.10. The number of rotatable bonds is 3. The van der Waals surface area contributed by atoms with E-state index >= 15 is 0 Å². The zero-order valence-corrected chi connectivity index (χ0v) is 7.88. The van der Waals surface area contributed by atoms with Gasteiger partial charge in [-0.25, -0.2) is 0 Å². The summed E-state index contributed by atoms with van der Waals surface area (Å²) in [5.41, 5.74) is 0. The summed E-state index contributed by atoms with van der Waals surface area (Å²) in [5.74, 6) is 0. The van der Waals surface area contributed by atoms with Gasteiger partial charge in [-0.05, 0) is 11.5 Å². The third-order valence-corrected chi connectivity index (χ3v) is 2.84. The standard InChI is InChI=1S/C9H13P.B/c1-2-8-10-9-6-4-3-5-7-9;/h3-7,10H,2,8H2,1H3;. The van der Waals surface area contributed by atoms with E-state index in [0.29, 0.717) is 0 Å². The van der Waals surface area contributed by atoms with E-state index in [2.05, 4.69) is 37.3 Å². The maximum Gasteiger partial charge on any atom is 0 e. The second-order valence-corrected chi connectivity index (χ2v) is 3.72. The van der Waals surface area contributed by atoms with E-state index in [1.165, 1.54) is 17.9 Å². The molecule has 0 saturated heterocycles. The lowest BCUT2D eigenvalue weighted by atomic mass is 10.4. The summed E-state index contributed by atoms with van der Waals surface area (Å²) in [6, 6.07) is 10.7. The molecule has 0 aliphatic heterocycles. The molecular formula is C9H13BP. The van der Waals surface area contributed by atoms with Gasteiger partial charge >= 0.3 is 0 Å². The number of benzene rings is 1. The fourth-order valence-corrected chi connectivity index (χ4v) is 1.79. The molecule has 0 aliphatic rings. The first kappa shape index (κ1) is 10.7. The molecular weight excluding hydrogens is 150 g/mol. The SMILES string of the molecule is CCCPc1ccccc1.[B]. The summed E-state index contributed by atoms with van der Waals surface area (Å²) >= 11 is 0. The summed E-state index contributed by atoms with van der Waals surface area (Å²) in [6.07, 6.45) is 2.64. The summed E-state index contributed by atoms with van der Waals surface area (Å²) in [7, 11) is 1.00. The van der Waals surface area contributed by atoms with Crippen molar-refractivity contribution in [3.8, 4) is 0 Å². The Kier molecular flexibility index (Phi) is 6.26. The van der Waals surface area contributed by atoms with Crippen LogP contribution in [0.4, 0.5) is 0 Å². The molecule has 0 bridgehead atoms. The Balaban J connectivity index is 0.000001000. The molecule has 1 atom stereocenters. The molecule has 1 unspecified atom stereocenters. The van der Waals surface area contributed by atoms with Crippen molar-refractivity contribution >= 4 is 22.3 Å². The first-order valence-corrected chi connectivity index (χ1v) is 4.93. The highest BCUT2D eigenvalue weighted by Crippen LogP contribution is 2.09. The van der Waals surface area contributed by atoms with Gasteiger partial charge in [0.2, 0.25) is 0 Å². The summed E-state index contributed by atoms with van der Waals surface area (Å²) in [6.45, 7) is 2.23. The minimum atomic E-state index is 0. The van der Waals surface area contributed by atoms with Crippen molar-refractivity contribution in [3.63, 3.8) is 0 Å². The molecule has 1 aromatic rings. The molecule has 0 nitrogen and oxygen atoms in total. The van der Waals surface area contributed by atoms with Crippen LogP contribution in [-0.2, 0) is 0 Å². The largest absolute Gasteiger partial charge is 0.0904 e. The molecule has 0 spiro atoms. The predicted molar refractivity (Wildman–Crippen MR) is 55.3 cm³/mol. The van der Waals surface area contributed by atoms with Gasteiger partial charge in [-0.2, -0.15) is 0 Å². The Morgan fingerprint density at radius 3 is 2.36 bits per heavy atom. The van der Waals surface area contributed by atoms with Gasteiger partial charge in [0, 0.05) is 8.41 Å². The van der Waals surface area contributed by atoms with Crippen LogP contribution in [0.2, 0.25) is 0 Å². The van der Waals surface area contributed by atoms with Crippen LogP contribution in [0.5, 0.6) is 0 Å². The molecule has 0 N–H and O–H groups in total. The van der Waals surface area contributed by atoms with Gasteiger partial charge in [0.25, 0.3) is 0 Å². The summed E-state index contributed by atoms with van der Waals surface area (Å²) in [5, 5.41) is 1.49. The van der Waals surface area contributed by atoms with Gasteiger partial charge in [-0.3, -0.25) is 0 Å². The Hall–Kier alpha value is -0.285. The van der Waals surface area contributed by atoms with Crippen LogP contribution in [0.15, 0.2) is 30.3 Å². The van der Waals surface area contributed by atoms with Gasteiger partial charge < -0.3 is 0 Å². The third kappa shape index (κ3) is 4.21. The minimum absolute atomic E-state index is 0. The highest BCUT2D eigenvalue weighted by atomic mass is 31.1. The molecule has 57 valence electrons. The molecule has 0 heterocycles. The van der Waals surface area contributed by atoms with Crippen LogP contribution in [-0.4, -0.2) is 14.6 Å². The first-order valence-electron chi connectivity index (χ1n) is 3.72. The quantitative estimate of drug-likeness (QED) is 0.472. The van der Waals surface area contributed by atoms with Crippen LogP contribution in [0, 0.1) is 0 Å². The third-order valence-electron chi connectivity index (χ3n) is 1.35. The van der Waals surface area contributed by atoms with E-state index in [-0.39, 0.29) is 8.41 Å².